The third kappa shape index (κ3) is 3.93. The maximum atomic E-state index is 11.9. The zero-order valence-corrected chi connectivity index (χ0v) is 13.8. The van der Waals surface area contributed by atoms with Crippen molar-refractivity contribution in [1.29, 1.82) is 0 Å². The molecule has 3 rings (SSSR count). The van der Waals surface area contributed by atoms with Crippen LogP contribution in [0.25, 0.3) is 10.6 Å². The molecule has 0 spiro atoms. The van der Waals surface area contributed by atoms with E-state index in [0.29, 0.717) is 10.8 Å². The van der Waals surface area contributed by atoms with Crippen LogP contribution in [0.3, 0.4) is 0 Å². The van der Waals surface area contributed by atoms with Gasteiger partial charge in [0.1, 0.15) is 9.88 Å². The number of halogens is 2. The molecule has 2 aromatic rings. The zero-order chi connectivity index (χ0) is 12.4. The molecular weight excluding hydrogens is 337 g/mol. The van der Waals surface area contributed by atoms with Gasteiger partial charge in [-0.1, -0.05) is 0 Å². The molecule has 1 saturated heterocycles. The Balaban J connectivity index is 0.000001000. The molecule has 4 nitrogen and oxygen atoms in total. The summed E-state index contributed by atoms with van der Waals surface area (Å²) >= 11 is 3.08. The number of hydrogen-bond donors (Lipinski definition) is 2. The Morgan fingerprint density at radius 1 is 1.45 bits per heavy atom. The van der Waals surface area contributed by atoms with Crippen LogP contribution in [0.15, 0.2) is 23.0 Å². The number of thiazole rings is 1. The molecule has 20 heavy (non-hydrogen) atoms. The van der Waals surface area contributed by atoms with Gasteiger partial charge in [0.25, 0.3) is 5.91 Å². The summed E-state index contributed by atoms with van der Waals surface area (Å²) in [5, 5.41) is 11.1. The van der Waals surface area contributed by atoms with Crippen LogP contribution in [-0.2, 0) is 0 Å². The van der Waals surface area contributed by atoms with Crippen molar-refractivity contribution in [2.45, 2.75) is 0 Å². The highest BCUT2D eigenvalue weighted by atomic mass is 35.5. The van der Waals surface area contributed by atoms with E-state index >= 15 is 0 Å². The fourth-order valence-electron chi connectivity index (χ4n) is 1.72. The van der Waals surface area contributed by atoms with Gasteiger partial charge in [-0.05, 0) is 11.4 Å². The smallest absolute Gasteiger partial charge is 0.263 e. The lowest BCUT2D eigenvalue weighted by atomic mass is 10.0. The molecule has 0 bridgehead atoms. The molecule has 0 unspecified atom stereocenters. The van der Waals surface area contributed by atoms with E-state index in [1.165, 1.54) is 11.3 Å². The van der Waals surface area contributed by atoms with Crippen LogP contribution in [0.1, 0.15) is 9.67 Å². The van der Waals surface area contributed by atoms with Gasteiger partial charge in [0, 0.05) is 36.5 Å². The lowest BCUT2D eigenvalue weighted by Gasteiger charge is -2.26. The summed E-state index contributed by atoms with van der Waals surface area (Å²) in [6.07, 6.45) is 1.66. The average molecular weight is 352 g/mol. The molecule has 0 saturated carbocycles. The molecule has 0 atom stereocenters. The number of thiophene rings is 1. The van der Waals surface area contributed by atoms with Crippen molar-refractivity contribution < 1.29 is 4.79 Å². The van der Waals surface area contributed by atoms with Crippen LogP contribution in [0, 0.1) is 5.92 Å². The van der Waals surface area contributed by atoms with E-state index in [-0.39, 0.29) is 30.7 Å². The Hall–Kier alpha value is -0.660. The average Bonchev–Trinajstić information content (AvgIpc) is 2.97. The molecule has 3 heterocycles. The van der Waals surface area contributed by atoms with Crippen molar-refractivity contribution in [1.82, 2.24) is 15.6 Å². The second kappa shape index (κ2) is 7.95. The van der Waals surface area contributed by atoms with Crippen LogP contribution >= 0.6 is 47.5 Å². The molecule has 2 aromatic heterocycles. The SMILES string of the molecule is Cl.Cl.O=C(NCC1CNC1)c1cnc(-c2ccsc2)s1. The van der Waals surface area contributed by atoms with E-state index in [0.717, 1.165) is 30.2 Å². The van der Waals surface area contributed by atoms with Crippen LogP contribution in [0.2, 0.25) is 0 Å². The summed E-state index contributed by atoms with van der Waals surface area (Å²) in [6.45, 7) is 2.75. The van der Waals surface area contributed by atoms with Crippen molar-refractivity contribution in [3.63, 3.8) is 0 Å². The van der Waals surface area contributed by atoms with Crippen molar-refractivity contribution in [3.8, 4) is 10.6 Å². The van der Waals surface area contributed by atoms with Gasteiger partial charge >= 0.3 is 0 Å². The van der Waals surface area contributed by atoms with Gasteiger partial charge in [-0.25, -0.2) is 4.98 Å². The number of hydrogen-bond acceptors (Lipinski definition) is 5. The zero-order valence-electron chi connectivity index (χ0n) is 10.5. The van der Waals surface area contributed by atoms with E-state index in [4.69, 9.17) is 0 Å². The highest BCUT2D eigenvalue weighted by Gasteiger charge is 2.18. The number of amides is 1. The standard InChI is InChI=1S/C12H13N3OS2.2ClH/c16-11(14-5-8-3-13-4-8)10-6-15-12(18-10)9-1-2-17-7-9;;/h1-2,6-8,13H,3-5H2,(H,14,16);2*1H. The van der Waals surface area contributed by atoms with Crippen LogP contribution in [0.5, 0.6) is 0 Å². The van der Waals surface area contributed by atoms with E-state index in [9.17, 15) is 4.79 Å². The highest BCUT2D eigenvalue weighted by molar-refractivity contribution is 7.17. The third-order valence-electron chi connectivity index (χ3n) is 2.91. The Morgan fingerprint density at radius 2 is 2.25 bits per heavy atom. The van der Waals surface area contributed by atoms with Crippen LogP contribution in [-0.4, -0.2) is 30.5 Å². The first-order chi connectivity index (χ1) is 8.83. The second-order valence-electron chi connectivity index (χ2n) is 4.28. The second-order valence-corrected chi connectivity index (χ2v) is 6.09. The molecule has 1 aliphatic rings. The maximum absolute atomic E-state index is 11.9. The van der Waals surface area contributed by atoms with Crippen molar-refractivity contribution in [2.24, 2.45) is 5.92 Å². The fraction of sp³-hybridized carbons (Fsp3) is 0.333. The van der Waals surface area contributed by atoms with Crippen LogP contribution < -0.4 is 10.6 Å². The summed E-state index contributed by atoms with van der Waals surface area (Å²) in [4.78, 5) is 16.9. The number of rotatable bonds is 4. The summed E-state index contributed by atoms with van der Waals surface area (Å²) < 4.78 is 0. The van der Waals surface area contributed by atoms with Gasteiger partial charge in [0.2, 0.25) is 0 Å². The van der Waals surface area contributed by atoms with Gasteiger partial charge in [-0.15, -0.1) is 36.2 Å². The Bertz CT molecular complexity index is 541. The third-order valence-corrected chi connectivity index (χ3v) is 4.64. The summed E-state index contributed by atoms with van der Waals surface area (Å²) in [6, 6.07) is 2.02. The highest BCUT2D eigenvalue weighted by Crippen LogP contribution is 2.26. The predicted molar refractivity (Wildman–Crippen MR) is 88.6 cm³/mol. The number of carbonyl (C=O) groups excluding carboxylic acids is 1. The van der Waals surface area contributed by atoms with Crippen molar-refractivity contribution >= 4 is 53.4 Å². The molecule has 0 aliphatic carbocycles. The summed E-state index contributed by atoms with van der Waals surface area (Å²) in [7, 11) is 0. The molecule has 2 N–H and O–H groups in total. The first-order valence-corrected chi connectivity index (χ1v) is 7.56. The number of carbonyl (C=O) groups is 1. The topological polar surface area (TPSA) is 54.0 Å². The fourth-order valence-corrected chi connectivity index (χ4v) is 3.26. The van der Waals surface area contributed by atoms with Crippen molar-refractivity contribution in [2.75, 3.05) is 19.6 Å². The minimum Gasteiger partial charge on any atom is -0.351 e. The molecule has 8 heteroatoms. The minimum absolute atomic E-state index is 0. The summed E-state index contributed by atoms with van der Waals surface area (Å²) in [5.41, 5.74) is 1.09. The largest absolute Gasteiger partial charge is 0.351 e. The number of nitrogens with zero attached hydrogens (tertiary/aromatic N) is 1. The Morgan fingerprint density at radius 3 is 2.85 bits per heavy atom. The van der Waals surface area contributed by atoms with Gasteiger partial charge in [-0.2, -0.15) is 11.3 Å². The monoisotopic (exact) mass is 351 g/mol. The van der Waals surface area contributed by atoms with E-state index in [2.05, 4.69) is 15.6 Å². The minimum atomic E-state index is -0.0131. The van der Waals surface area contributed by atoms with Gasteiger partial charge in [-0.3, -0.25) is 4.79 Å². The normalized spacial score (nSPS) is 13.8. The van der Waals surface area contributed by atoms with E-state index < -0.39 is 0 Å². The van der Waals surface area contributed by atoms with Gasteiger partial charge in [0.15, 0.2) is 0 Å². The molecule has 1 fully saturated rings. The van der Waals surface area contributed by atoms with Crippen molar-refractivity contribution in [3.05, 3.63) is 27.9 Å². The van der Waals surface area contributed by atoms with Crippen LogP contribution in [0.4, 0.5) is 0 Å². The van der Waals surface area contributed by atoms with E-state index in [1.54, 1.807) is 17.5 Å². The van der Waals surface area contributed by atoms with Gasteiger partial charge in [0.05, 0.1) is 6.20 Å². The first-order valence-electron chi connectivity index (χ1n) is 5.80. The Labute approximate surface area is 137 Å². The number of nitrogens with one attached hydrogen (secondary N) is 2. The predicted octanol–water partition coefficient (Wildman–Crippen LogP) is 2.66. The molecule has 1 amide bonds. The maximum Gasteiger partial charge on any atom is 0.263 e. The quantitative estimate of drug-likeness (QED) is 0.890. The van der Waals surface area contributed by atoms with E-state index in [1.807, 2.05) is 16.8 Å². The summed E-state index contributed by atoms with van der Waals surface area (Å²) in [5.74, 6) is 0.569. The molecule has 1 aliphatic heterocycles. The molecule has 110 valence electrons. The Kier molecular flexibility index (Phi) is 6.91. The lowest BCUT2D eigenvalue weighted by Crippen LogP contribution is -2.48. The van der Waals surface area contributed by atoms with Gasteiger partial charge < -0.3 is 10.6 Å². The molecule has 0 aromatic carbocycles. The first kappa shape index (κ1) is 17.4. The lowest BCUT2D eigenvalue weighted by molar-refractivity contribution is 0.0946. The number of aromatic nitrogens is 1. The molecular formula is C12H15Cl2N3OS2. The molecule has 0 radical (unpaired) electrons.